The number of fused-ring (bicyclic) bond motifs is 1. The lowest BCUT2D eigenvalue weighted by atomic mass is 9.93. The first-order valence-electron chi connectivity index (χ1n) is 11.5. The first-order chi connectivity index (χ1) is 16.8. The van der Waals surface area contributed by atoms with Crippen molar-refractivity contribution in [2.45, 2.75) is 25.4 Å². The average molecular weight is 516 g/mol. The third kappa shape index (κ3) is 4.91. The lowest BCUT2D eigenvalue weighted by molar-refractivity contribution is 0.178. The van der Waals surface area contributed by atoms with Crippen molar-refractivity contribution in [3.05, 3.63) is 75.4 Å². The Morgan fingerprint density at radius 1 is 1.11 bits per heavy atom. The number of ether oxygens (including phenoxy) is 1. The number of halogens is 1. The number of aryl methyl sites for hydroxylation is 1. The number of sulfonamides is 1. The van der Waals surface area contributed by atoms with Crippen molar-refractivity contribution < 1.29 is 13.2 Å². The molecule has 2 aliphatic rings. The molecular formula is C24H26ClN5O4S. The maximum atomic E-state index is 13.7. The van der Waals surface area contributed by atoms with Crippen LogP contribution in [0.25, 0.3) is 5.69 Å². The molecule has 1 fully saturated rings. The molecule has 1 unspecified atom stereocenters. The first kappa shape index (κ1) is 23.8. The Morgan fingerprint density at radius 3 is 2.66 bits per heavy atom. The molecular weight excluding hydrogens is 490 g/mol. The van der Waals surface area contributed by atoms with Gasteiger partial charge >= 0.3 is 5.56 Å². The number of rotatable bonds is 5. The maximum absolute atomic E-state index is 13.7. The van der Waals surface area contributed by atoms with E-state index in [1.165, 1.54) is 15.2 Å². The lowest BCUT2D eigenvalue weighted by Gasteiger charge is -2.35. The monoisotopic (exact) mass is 515 g/mol. The molecule has 3 aromatic rings. The van der Waals surface area contributed by atoms with Gasteiger partial charge in [-0.25, -0.2) is 8.42 Å². The Bertz CT molecular complexity index is 1400. The van der Waals surface area contributed by atoms with Crippen LogP contribution in [0.15, 0.2) is 53.6 Å². The van der Waals surface area contributed by atoms with Crippen molar-refractivity contribution >= 4 is 27.3 Å². The second-order valence-corrected chi connectivity index (χ2v) is 11.2. The Morgan fingerprint density at radius 2 is 1.91 bits per heavy atom. The van der Waals surface area contributed by atoms with E-state index in [4.69, 9.17) is 16.3 Å². The van der Waals surface area contributed by atoms with E-state index >= 15 is 0 Å². The van der Waals surface area contributed by atoms with Gasteiger partial charge in [0, 0.05) is 48.7 Å². The third-order valence-corrected chi connectivity index (χ3v) is 7.97. The zero-order valence-electron chi connectivity index (χ0n) is 19.3. The van der Waals surface area contributed by atoms with Crippen molar-refractivity contribution in [1.82, 2.24) is 19.1 Å². The fraction of sp³-hybridized carbons (Fsp3) is 0.375. The van der Waals surface area contributed by atoms with E-state index < -0.39 is 15.6 Å². The smallest absolute Gasteiger partial charge is 0.316 e. The van der Waals surface area contributed by atoms with Crippen molar-refractivity contribution in [2.24, 2.45) is 0 Å². The number of aromatic nitrogens is 3. The molecule has 3 heterocycles. The Balaban J connectivity index is 1.55. The standard InChI is InChI=1S/C24H26ClN5O4S/c1-35(32,33)29-13-11-28(12-14-29)21-16-27-30(18-6-2-5-17(25)15-18)24(31)23(21)34-22-9-3-8-20-19(22)7-4-10-26-20/h2,4-7,10,15-16,22H,3,8-9,11-14H2,1H3. The van der Waals surface area contributed by atoms with Gasteiger partial charge in [-0.2, -0.15) is 14.1 Å². The van der Waals surface area contributed by atoms with Gasteiger partial charge in [0.2, 0.25) is 15.8 Å². The van der Waals surface area contributed by atoms with Gasteiger partial charge in [0.25, 0.3) is 0 Å². The summed E-state index contributed by atoms with van der Waals surface area (Å²) < 4.78 is 33.1. The lowest BCUT2D eigenvalue weighted by Crippen LogP contribution is -2.48. The van der Waals surface area contributed by atoms with Crippen LogP contribution in [-0.4, -0.2) is 59.9 Å². The van der Waals surface area contributed by atoms with Crippen LogP contribution in [0.3, 0.4) is 0 Å². The van der Waals surface area contributed by atoms with Crippen molar-refractivity contribution in [3.63, 3.8) is 0 Å². The van der Waals surface area contributed by atoms with Crippen LogP contribution in [0.5, 0.6) is 5.75 Å². The van der Waals surface area contributed by atoms with Gasteiger partial charge in [-0.15, -0.1) is 0 Å². The van der Waals surface area contributed by atoms with Gasteiger partial charge in [0.1, 0.15) is 11.8 Å². The Kier molecular flexibility index (Phi) is 6.52. The SMILES string of the molecule is CS(=O)(=O)N1CCN(c2cnn(-c3cccc(Cl)c3)c(=O)c2OC2CCCc3ncccc32)CC1. The largest absolute Gasteiger partial charge is 0.478 e. The Hall–Kier alpha value is -2.95. The maximum Gasteiger partial charge on any atom is 0.316 e. The van der Waals surface area contributed by atoms with Crippen LogP contribution in [0.1, 0.15) is 30.2 Å². The molecule has 184 valence electrons. The van der Waals surface area contributed by atoms with Crippen molar-refractivity contribution in [2.75, 3.05) is 37.3 Å². The molecule has 0 N–H and O–H groups in total. The van der Waals surface area contributed by atoms with E-state index in [2.05, 4.69) is 10.1 Å². The number of hydrogen-bond donors (Lipinski definition) is 0. The highest BCUT2D eigenvalue weighted by molar-refractivity contribution is 7.88. The second kappa shape index (κ2) is 9.60. The molecule has 9 nitrogen and oxygen atoms in total. The predicted octanol–water partition coefficient (Wildman–Crippen LogP) is 2.82. The minimum absolute atomic E-state index is 0.189. The van der Waals surface area contributed by atoms with E-state index in [-0.39, 0.29) is 11.9 Å². The summed E-state index contributed by atoms with van der Waals surface area (Å²) in [6.45, 7) is 1.50. The van der Waals surface area contributed by atoms with Gasteiger partial charge in [-0.1, -0.05) is 23.7 Å². The van der Waals surface area contributed by atoms with E-state index in [0.717, 1.165) is 30.5 Å². The molecule has 0 saturated carbocycles. The van der Waals surface area contributed by atoms with E-state index in [1.54, 1.807) is 36.7 Å². The van der Waals surface area contributed by atoms with Gasteiger partial charge in [0.05, 0.1) is 18.1 Å². The van der Waals surface area contributed by atoms with E-state index in [0.29, 0.717) is 42.6 Å². The highest BCUT2D eigenvalue weighted by atomic mass is 35.5. The minimum atomic E-state index is -3.28. The molecule has 5 rings (SSSR count). The summed E-state index contributed by atoms with van der Waals surface area (Å²) in [5, 5.41) is 4.90. The number of anilines is 1. The molecule has 1 atom stereocenters. The number of benzene rings is 1. The molecule has 0 radical (unpaired) electrons. The summed E-state index contributed by atoms with van der Waals surface area (Å²) in [5.74, 6) is 0.189. The van der Waals surface area contributed by atoms with Gasteiger partial charge in [-0.3, -0.25) is 9.78 Å². The molecule has 0 amide bonds. The molecule has 1 saturated heterocycles. The fourth-order valence-corrected chi connectivity index (χ4v) is 5.66. The van der Waals surface area contributed by atoms with Crippen LogP contribution in [0.4, 0.5) is 5.69 Å². The quantitative estimate of drug-likeness (QED) is 0.515. The zero-order valence-corrected chi connectivity index (χ0v) is 20.9. The summed E-state index contributed by atoms with van der Waals surface area (Å²) in [7, 11) is -3.28. The topological polar surface area (TPSA) is 97.6 Å². The highest BCUT2D eigenvalue weighted by Gasteiger charge is 2.30. The molecule has 11 heteroatoms. The van der Waals surface area contributed by atoms with E-state index in [9.17, 15) is 13.2 Å². The molecule has 35 heavy (non-hydrogen) atoms. The minimum Gasteiger partial charge on any atom is -0.478 e. The molecule has 1 aliphatic carbocycles. The summed E-state index contributed by atoms with van der Waals surface area (Å²) >= 11 is 6.16. The summed E-state index contributed by atoms with van der Waals surface area (Å²) in [6.07, 6.45) is 6.82. The third-order valence-electron chi connectivity index (χ3n) is 6.43. The van der Waals surface area contributed by atoms with Gasteiger partial charge < -0.3 is 9.64 Å². The summed E-state index contributed by atoms with van der Waals surface area (Å²) in [4.78, 5) is 20.2. The predicted molar refractivity (Wildman–Crippen MR) is 134 cm³/mol. The Labute approximate surface area is 209 Å². The summed E-state index contributed by atoms with van der Waals surface area (Å²) in [6, 6.07) is 10.8. The van der Waals surface area contributed by atoms with Gasteiger partial charge in [-0.05, 0) is 43.5 Å². The molecule has 0 bridgehead atoms. The normalized spacial score (nSPS) is 18.8. The number of pyridine rings is 1. The van der Waals surface area contributed by atoms with Gasteiger partial charge in [0.15, 0.2) is 0 Å². The van der Waals surface area contributed by atoms with Crippen LogP contribution in [-0.2, 0) is 16.4 Å². The highest BCUT2D eigenvalue weighted by Crippen LogP contribution is 2.35. The zero-order chi connectivity index (χ0) is 24.6. The van der Waals surface area contributed by atoms with Crippen LogP contribution < -0.4 is 15.2 Å². The number of hydrogen-bond acceptors (Lipinski definition) is 7. The second-order valence-electron chi connectivity index (χ2n) is 8.74. The molecule has 0 spiro atoms. The molecule has 1 aliphatic heterocycles. The average Bonchev–Trinajstić information content (AvgIpc) is 2.85. The van der Waals surface area contributed by atoms with Crippen molar-refractivity contribution in [1.29, 1.82) is 0 Å². The van der Waals surface area contributed by atoms with Crippen LogP contribution >= 0.6 is 11.6 Å². The fourth-order valence-electron chi connectivity index (χ4n) is 4.65. The number of nitrogens with zero attached hydrogens (tertiary/aromatic N) is 5. The molecule has 2 aromatic heterocycles. The molecule has 1 aromatic carbocycles. The van der Waals surface area contributed by atoms with E-state index in [1.807, 2.05) is 17.0 Å². The first-order valence-corrected chi connectivity index (χ1v) is 13.7. The summed E-state index contributed by atoms with van der Waals surface area (Å²) in [5.41, 5.74) is 2.66. The van der Waals surface area contributed by atoms with Crippen LogP contribution in [0.2, 0.25) is 5.02 Å². The number of piperazine rings is 1. The van der Waals surface area contributed by atoms with Crippen LogP contribution in [0, 0.1) is 0 Å². The van der Waals surface area contributed by atoms with Crippen molar-refractivity contribution in [3.8, 4) is 11.4 Å².